The van der Waals surface area contributed by atoms with Gasteiger partial charge in [0.15, 0.2) is 0 Å². The molecule has 100 valence electrons. The van der Waals surface area contributed by atoms with Gasteiger partial charge in [-0.25, -0.2) is 0 Å². The largest absolute Gasteiger partial charge is 0.435 e. The van der Waals surface area contributed by atoms with Crippen molar-refractivity contribution in [3.05, 3.63) is 65.2 Å². The van der Waals surface area contributed by atoms with Gasteiger partial charge in [-0.1, -0.05) is 42.0 Å². The van der Waals surface area contributed by atoms with E-state index >= 15 is 0 Å². The average Bonchev–Trinajstić information content (AvgIpc) is 2.38. The quantitative estimate of drug-likeness (QED) is 0.914. The van der Waals surface area contributed by atoms with Gasteiger partial charge in [-0.3, -0.25) is 0 Å². The molecule has 0 saturated carbocycles. The Balaban J connectivity index is 2.17. The molecule has 0 amide bonds. The van der Waals surface area contributed by atoms with Crippen molar-refractivity contribution in [3.63, 3.8) is 0 Å². The Morgan fingerprint density at radius 1 is 1.00 bits per heavy atom. The van der Waals surface area contributed by atoms with Crippen LogP contribution in [0.25, 0.3) is 0 Å². The minimum absolute atomic E-state index is 0.134. The summed E-state index contributed by atoms with van der Waals surface area (Å²) in [5.74, 6) is 0.134. The fourth-order valence-corrected chi connectivity index (χ4v) is 1.91. The highest BCUT2D eigenvalue weighted by atomic mass is 19.3. The molecule has 4 heteroatoms. The summed E-state index contributed by atoms with van der Waals surface area (Å²) >= 11 is 0. The Morgan fingerprint density at radius 2 is 1.68 bits per heavy atom. The second-order valence-corrected chi connectivity index (χ2v) is 4.34. The third kappa shape index (κ3) is 3.51. The van der Waals surface area contributed by atoms with E-state index in [1.807, 2.05) is 31.2 Å². The molecule has 0 radical (unpaired) electrons. The molecule has 0 bridgehead atoms. The van der Waals surface area contributed by atoms with Crippen molar-refractivity contribution in [2.24, 2.45) is 5.73 Å². The second-order valence-electron chi connectivity index (χ2n) is 4.34. The number of ether oxygens (including phenoxy) is 1. The Labute approximate surface area is 110 Å². The van der Waals surface area contributed by atoms with Crippen LogP contribution in [0.2, 0.25) is 0 Å². The van der Waals surface area contributed by atoms with Crippen LogP contribution in [-0.2, 0) is 0 Å². The van der Waals surface area contributed by atoms with Crippen molar-refractivity contribution in [2.75, 3.05) is 0 Å². The normalized spacial score (nSPS) is 12.5. The SMILES string of the molecule is Cc1cccc(C(N)c2ccc(OC(F)F)cc2)c1. The molecule has 0 aliphatic rings. The monoisotopic (exact) mass is 263 g/mol. The molecule has 2 nitrogen and oxygen atoms in total. The minimum atomic E-state index is -2.81. The molecule has 0 aliphatic carbocycles. The molecule has 1 unspecified atom stereocenters. The predicted molar refractivity (Wildman–Crippen MR) is 70.3 cm³/mol. The van der Waals surface area contributed by atoms with E-state index in [9.17, 15) is 8.78 Å². The maximum Gasteiger partial charge on any atom is 0.387 e. The van der Waals surface area contributed by atoms with E-state index in [4.69, 9.17) is 5.73 Å². The van der Waals surface area contributed by atoms with Crippen LogP contribution in [0.4, 0.5) is 8.78 Å². The van der Waals surface area contributed by atoms with Crippen molar-refractivity contribution in [2.45, 2.75) is 19.6 Å². The third-order valence-corrected chi connectivity index (χ3v) is 2.87. The highest BCUT2D eigenvalue weighted by molar-refractivity contribution is 5.36. The van der Waals surface area contributed by atoms with Crippen LogP contribution in [0.1, 0.15) is 22.7 Å². The van der Waals surface area contributed by atoms with Gasteiger partial charge in [-0.05, 0) is 30.2 Å². The molecule has 0 aliphatic heterocycles. The van der Waals surface area contributed by atoms with Crippen molar-refractivity contribution >= 4 is 0 Å². The number of hydrogen-bond donors (Lipinski definition) is 1. The van der Waals surface area contributed by atoms with Crippen LogP contribution < -0.4 is 10.5 Å². The molecule has 1 atom stereocenters. The average molecular weight is 263 g/mol. The van der Waals surface area contributed by atoms with E-state index in [1.165, 1.54) is 12.1 Å². The first-order valence-electron chi connectivity index (χ1n) is 5.93. The van der Waals surface area contributed by atoms with Crippen molar-refractivity contribution < 1.29 is 13.5 Å². The zero-order valence-corrected chi connectivity index (χ0v) is 10.5. The first-order chi connectivity index (χ1) is 9.06. The molecule has 0 fully saturated rings. The molecule has 2 aromatic rings. The lowest BCUT2D eigenvalue weighted by atomic mass is 9.98. The number of rotatable bonds is 4. The summed E-state index contributed by atoms with van der Waals surface area (Å²) in [6, 6.07) is 14.0. The zero-order chi connectivity index (χ0) is 13.8. The molecule has 19 heavy (non-hydrogen) atoms. The Bertz CT molecular complexity index is 540. The van der Waals surface area contributed by atoms with Gasteiger partial charge in [0.25, 0.3) is 0 Å². The van der Waals surface area contributed by atoms with Crippen LogP contribution in [0.5, 0.6) is 5.75 Å². The lowest BCUT2D eigenvalue weighted by molar-refractivity contribution is -0.0498. The van der Waals surface area contributed by atoms with Gasteiger partial charge >= 0.3 is 6.61 Å². The third-order valence-electron chi connectivity index (χ3n) is 2.87. The molecule has 2 rings (SSSR count). The Morgan fingerprint density at radius 3 is 2.26 bits per heavy atom. The minimum Gasteiger partial charge on any atom is -0.435 e. The van der Waals surface area contributed by atoms with Gasteiger partial charge in [0.2, 0.25) is 0 Å². The molecular weight excluding hydrogens is 248 g/mol. The van der Waals surface area contributed by atoms with E-state index in [-0.39, 0.29) is 11.8 Å². The van der Waals surface area contributed by atoms with E-state index < -0.39 is 6.61 Å². The van der Waals surface area contributed by atoms with Gasteiger partial charge < -0.3 is 10.5 Å². The summed E-state index contributed by atoms with van der Waals surface area (Å²) in [5.41, 5.74) is 9.12. The van der Waals surface area contributed by atoms with E-state index in [1.54, 1.807) is 12.1 Å². The fraction of sp³-hybridized carbons (Fsp3) is 0.200. The van der Waals surface area contributed by atoms with E-state index in [2.05, 4.69) is 4.74 Å². The second kappa shape index (κ2) is 5.80. The van der Waals surface area contributed by atoms with Crippen molar-refractivity contribution in [1.29, 1.82) is 0 Å². The number of nitrogens with two attached hydrogens (primary N) is 1. The fourth-order valence-electron chi connectivity index (χ4n) is 1.91. The lowest BCUT2D eigenvalue weighted by Crippen LogP contribution is -2.12. The Hall–Kier alpha value is -1.94. The van der Waals surface area contributed by atoms with Crippen LogP contribution >= 0.6 is 0 Å². The number of aryl methyl sites for hydroxylation is 1. The van der Waals surface area contributed by atoms with Crippen LogP contribution in [0.3, 0.4) is 0 Å². The van der Waals surface area contributed by atoms with E-state index in [0.29, 0.717) is 0 Å². The molecule has 0 aromatic heterocycles. The van der Waals surface area contributed by atoms with Crippen LogP contribution in [-0.4, -0.2) is 6.61 Å². The van der Waals surface area contributed by atoms with Gasteiger partial charge in [-0.15, -0.1) is 0 Å². The number of benzene rings is 2. The first kappa shape index (κ1) is 13.5. The molecule has 0 saturated heterocycles. The van der Waals surface area contributed by atoms with Gasteiger partial charge in [-0.2, -0.15) is 8.78 Å². The molecule has 0 heterocycles. The zero-order valence-electron chi connectivity index (χ0n) is 10.5. The van der Waals surface area contributed by atoms with Crippen LogP contribution in [0, 0.1) is 6.92 Å². The van der Waals surface area contributed by atoms with Crippen molar-refractivity contribution in [1.82, 2.24) is 0 Å². The summed E-state index contributed by atoms with van der Waals surface area (Å²) in [6.07, 6.45) is 0. The lowest BCUT2D eigenvalue weighted by Gasteiger charge is -2.14. The number of halogens is 2. The van der Waals surface area contributed by atoms with Gasteiger partial charge in [0.05, 0.1) is 6.04 Å². The van der Waals surface area contributed by atoms with Gasteiger partial charge in [0, 0.05) is 0 Å². The van der Waals surface area contributed by atoms with E-state index in [0.717, 1.165) is 16.7 Å². The predicted octanol–water partition coefficient (Wildman–Crippen LogP) is 3.64. The highest BCUT2D eigenvalue weighted by Gasteiger charge is 2.10. The summed E-state index contributed by atoms with van der Waals surface area (Å²) < 4.78 is 28.4. The summed E-state index contributed by atoms with van der Waals surface area (Å²) in [4.78, 5) is 0. The maximum absolute atomic E-state index is 12.0. The Kier molecular flexibility index (Phi) is 4.12. The maximum atomic E-state index is 12.0. The van der Waals surface area contributed by atoms with Crippen molar-refractivity contribution in [3.8, 4) is 5.75 Å². The van der Waals surface area contributed by atoms with Gasteiger partial charge in [0.1, 0.15) is 5.75 Å². The molecule has 2 N–H and O–H groups in total. The standard InChI is InChI=1S/C15H15F2NO/c1-10-3-2-4-12(9-10)14(18)11-5-7-13(8-6-11)19-15(16)17/h2-9,14-15H,18H2,1H3. The first-order valence-corrected chi connectivity index (χ1v) is 5.93. The number of alkyl halides is 2. The topological polar surface area (TPSA) is 35.2 Å². The summed E-state index contributed by atoms with van der Waals surface area (Å²) in [7, 11) is 0. The molecular formula is C15H15F2NO. The highest BCUT2D eigenvalue weighted by Crippen LogP contribution is 2.23. The smallest absolute Gasteiger partial charge is 0.387 e. The molecule has 0 spiro atoms. The molecule has 2 aromatic carbocycles. The van der Waals surface area contributed by atoms with Crippen LogP contribution in [0.15, 0.2) is 48.5 Å². The number of hydrogen-bond acceptors (Lipinski definition) is 2. The summed E-state index contributed by atoms with van der Waals surface area (Å²) in [5, 5.41) is 0. The summed E-state index contributed by atoms with van der Waals surface area (Å²) in [6.45, 7) is -0.813.